The predicted molar refractivity (Wildman–Crippen MR) is 84.6 cm³/mol. The van der Waals surface area contributed by atoms with E-state index >= 15 is 0 Å². The van der Waals surface area contributed by atoms with E-state index in [9.17, 15) is 9.59 Å². The molecule has 0 aromatic heterocycles. The topological polar surface area (TPSA) is 49.4 Å². The highest BCUT2D eigenvalue weighted by Crippen LogP contribution is 2.36. The molecule has 1 atom stereocenters. The molecule has 2 amide bonds. The molecule has 3 rings (SSSR count). The predicted octanol–water partition coefficient (Wildman–Crippen LogP) is 2.76. The van der Waals surface area contributed by atoms with E-state index in [1.807, 2.05) is 54.6 Å². The molecule has 1 aliphatic rings. The maximum Gasteiger partial charge on any atom is 0.249 e. The van der Waals surface area contributed by atoms with Gasteiger partial charge in [-0.15, -0.1) is 11.8 Å². The second-order valence-electron chi connectivity index (χ2n) is 4.72. The van der Waals surface area contributed by atoms with E-state index in [1.54, 1.807) is 7.05 Å². The minimum atomic E-state index is -0.759. The van der Waals surface area contributed by atoms with Crippen LogP contribution in [0.5, 0.6) is 0 Å². The molecule has 0 radical (unpaired) electrons. The van der Waals surface area contributed by atoms with Crippen molar-refractivity contribution < 1.29 is 9.59 Å². The number of nitrogens with zero attached hydrogens (tertiary/aromatic N) is 1. The number of benzene rings is 2. The summed E-state index contributed by atoms with van der Waals surface area (Å²) in [6, 6.07) is 16.8. The summed E-state index contributed by atoms with van der Waals surface area (Å²) >= 11 is 1.29. The standard InChI is InChI=1S/C16H14N2O2S/c1-18(11-7-3-2-4-8-11)16(20)14-15(19)17-12-9-5-6-10-13(12)21-14/h2-10,14H,1H3,(H,17,19). The third-order valence-corrected chi connectivity index (χ3v) is 4.59. The average Bonchev–Trinajstić information content (AvgIpc) is 2.53. The van der Waals surface area contributed by atoms with Crippen molar-refractivity contribution in [2.75, 3.05) is 17.3 Å². The van der Waals surface area contributed by atoms with Crippen molar-refractivity contribution in [3.8, 4) is 0 Å². The van der Waals surface area contributed by atoms with Crippen LogP contribution in [0.3, 0.4) is 0 Å². The molecule has 2 aromatic carbocycles. The quantitative estimate of drug-likeness (QED) is 0.867. The molecule has 2 aromatic rings. The highest BCUT2D eigenvalue weighted by atomic mass is 32.2. The van der Waals surface area contributed by atoms with E-state index in [1.165, 1.54) is 16.7 Å². The number of nitrogens with one attached hydrogen (secondary N) is 1. The molecular formula is C16H14N2O2S. The highest BCUT2D eigenvalue weighted by Gasteiger charge is 2.35. The summed E-state index contributed by atoms with van der Waals surface area (Å²) in [6.45, 7) is 0. The molecule has 4 nitrogen and oxygen atoms in total. The van der Waals surface area contributed by atoms with Gasteiger partial charge in [0.2, 0.25) is 11.8 Å². The van der Waals surface area contributed by atoms with E-state index in [4.69, 9.17) is 0 Å². The van der Waals surface area contributed by atoms with Gasteiger partial charge in [-0.25, -0.2) is 0 Å². The molecule has 0 spiro atoms. The average molecular weight is 298 g/mol. The van der Waals surface area contributed by atoms with E-state index in [0.717, 1.165) is 16.3 Å². The van der Waals surface area contributed by atoms with Crippen molar-refractivity contribution in [3.63, 3.8) is 0 Å². The highest BCUT2D eigenvalue weighted by molar-refractivity contribution is 8.01. The number of rotatable bonds is 2. The molecule has 21 heavy (non-hydrogen) atoms. The van der Waals surface area contributed by atoms with Gasteiger partial charge in [-0.3, -0.25) is 9.59 Å². The Morgan fingerprint density at radius 3 is 2.52 bits per heavy atom. The number of hydrogen-bond donors (Lipinski definition) is 1. The van der Waals surface area contributed by atoms with Gasteiger partial charge in [0.15, 0.2) is 5.25 Å². The number of thioether (sulfide) groups is 1. The second kappa shape index (κ2) is 5.61. The molecule has 0 saturated carbocycles. The van der Waals surface area contributed by atoms with Crippen LogP contribution in [0.15, 0.2) is 59.5 Å². The van der Waals surface area contributed by atoms with E-state index < -0.39 is 5.25 Å². The zero-order valence-electron chi connectivity index (χ0n) is 11.4. The van der Waals surface area contributed by atoms with Crippen LogP contribution in [-0.4, -0.2) is 24.1 Å². The fourth-order valence-corrected chi connectivity index (χ4v) is 3.25. The molecule has 0 aliphatic carbocycles. The molecule has 5 heteroatoms. The Labute approximate surface area is 127 Å². The Morgan fingerprint density at radius 2 is 1.76 bits per heavy atom. The summed E-state index contributed by atoms with van der Waals surface area (Å²) in [6.07, 6.45) is 0. The first kappa shape index (κ1) is 13.7. The van der Waals surface area contributed by atoms with Crippen molar-refractivity contribution in [1.82, 2.24) is 0 Å². The van der Waals surface area contributed by atoms with Crippen molar-refractivity contribution in [3.05, 3.63) is 54.6 Å². The lowest BCUT2D eigenvalue weighted by Gasteiger charge is -2.27. The summed E-state index contributed by atoms with van der Waals surface area (Å²) < 4.78 is 0. The van der Waals surface area contributed by atoms with Gasteiger partial charge < -0.3 is 10.2 Å². The fraction of sp³-hybridized carbons (Fsp3) is 0.125. The van der Waals surface area contributed by atoms with Crippen LogP contribution in [-0.2, 0) is 9.59 Å². The van der Waals surface area contributed by atoms with Crippen LogP contribution < -0.4 is 10.2 Å². The van der Waals surface area contributed by atoms with E-state index in [2.05, 4.69) is 5.32 Å². The first-order valence-electron chi connectivity index (χ1n) is 6.56. The number of amides is 2. The van der Waals surface area contributed by atoms with Crippen molar-refractivity contribution >= 4 is 35.0 Å². The Morgan fingerprint density at radius 1 is 1.10 bits per heavy atom. The molecule has 0 saturated heterocycles. The molecule has 1 heterocycles. The van der Waals surface area contributed by atoms with Crippen LogP contribution in [0.2, 0.25) is 0 Å². The fourth-order valence-electron chi connectivity index (χ4n) is 2.17. The normalized spacial score (nSPS) is 16.8. The van der Waals surface area contributed by atoms with Crippen LogP contribution in [0.1, 0.15) is 0 Å². The van der Waals surface area contributed by atoms with Gasteiger partial charge in [0.25, 0.3) is 0 Å². The van der Waals surface area contributed by atoms with Gasteiger partial charge in [0.05, 0.1) is 5.69 Å². The Kier molecular flexibility index (Phi) is 3.66. The SMILES string of the molecule is CN(C(=O)C1Sc2ccccc2NC1=O)c1ccccc1. The minimum absolute atomic E-state index is 0.224. The molecule has 1 unspecified atom stereocenters. The third-order valence-electron chi connectivity index (χ3n) is 3.33. The third kappa shape index (κ3) is 2.64. The zero-order valence-corrected chi connectivity index (χ0v) is 12.3. The van der Waals surface area contributed by atoms with Crippen LogP contribution in [0.25, 0.3) is 0 Å². The van der Waals surface area contributed by atoms with Gasteiger partial charge in [-0.05, 0) is 24.3 Å². The van der Waals surface area contributed by atoms with Gasteiger partial charge in [0.1, 0.15) is 0 Å². The largest absolute Gasteiger partial charge is 0.324 e. The number of fused-ring (bicyclic) bond motifs is 1. The number of anilines is 2. The van der Waals surface area contributed by atoms with Gasteiger partial charge in [0, 0.05) is 17.6 Å². The smallest absolute Gasteiger partial charge is 0.249 e. The Balaban J connectivity index is 1.84. The maximum atomic E-state index is 12.6. The molecule has 0 fully saturated rings. The van der Waals surface area contributed by atoms with Crippen LogP contribution >= 0.6 is 11.8 Å². The summed E-state index contributed by atoms with van der Waals surface area (Å²) in [5, 5.41) is 2.03. The molecule has 1 N–H and O–H groups in total. The van der Waals surface area contributed by atoms with Crippen LogP contribution in [0, 0.1) is 0 Å². The van der Waals surface area contributed by atoms with Crippen molar-refractivity contribution in [2.45, 2.75) is 10.1 Å². The molecule has 1 aliphatic heterocycles. The van der Waals surface area contributed by atoms with Crippen LogP contribution in [0.4, 0.5) is 11.4 Å². The zero-order chi connectivity index (χ0) is 14.8. The Bertz CT molecular complexity index is 688. The first-order chi connectivity index (χ1) is 10.2. The van der Waals surface area contributed by atoms with Gasteiger partial charge in [-0.1, -0.05) is 30.3 Å². The molecule has 106 valence electrons. The lowest BCUT2D eigenvalue weighted by atomic mass is 10.2. The van der Waals surface area contributed by atoms with Crippen molar-refractivity contribution in [1.29, 1.82) is 0 Å². The number of hydrogen-bond acceptors (Lipinski definition) is 3. The second-order valence-corrected chi connectivity index (χ2v) is 5.86. The summed E-state index contributed by atoms with van der Waals surface area (Å²) in [5.74, 6) is -0.496. The summed E-state index contributed by atoms with van der Waals surface area (Å²) in [7, 11) is 1.69. The lowest BCUT2D eigenvalue weighted by molar-refractivity contribution is -0.124. The van der Waals surface area contributed by atoms with E-state index in [0.29, 0.717) is 0 Å². The number of para-hydroxylation sites is 2. The first-order valence-corrected chi connectivity index (χ1v) is 7.44. The minimum Gasteiger partial charge on any atom is -0.324 e. The van der Waals surface area contributed by atoms with Gasteiger partial charge in [-0.2, -0.15) is 0 Å². The number of carbonyl (C=O) groups excluding carboxylic acids is 2. The number of carbonyl (C=O) groups is 2. The maximum absolute atomic E-state index is 12.6. The van der Waals surface area contributed by atoms with Gasteiger partial charge >= 0.3 is 0 Å². The molecule has 0 bridgehead atoms. The molecular weight excluding hydrogens is 284 g/mol. The summed E-state index contributed by atoms with van der Waals surface area (Å²) in [4.78, 5) is 27.2. The lowest BCUT2D eigenvalue weighted by Crippen LogP contribution is -2.43. The summed E-state index contributed by atoms with van der Waals surface area (Å²) in [5.41, 5.74) is 1.54. The monoisotopic (exact) mass is 298 g/mol. The van der Waals surface area contributed by atoms with E-state index in [-0.39, 0.29) is 11.8 Å². The van der Waals surface area contributed by atoms with Crippen molar-refractivity contribution in [2.24, 2.45) is 0 Å². The Hall–Kier alpha value is -2.27.